The summed E-state index contributed by atoms with van der Waals surface area (Å²) in [6.45, 7) is 7.01. The molecule has 26 heavy (non-hydrogen) atoms. The topological polar surface area (TPSA) is 71.6 Å². The molecule has 2 saturated heterocycles. The quantitative estimate of drug-likeness (QED) is 0.798. The molecule has 2 N–H and O–H groups in total. The molecule has 138 valence electrons. The van der Waals surface area contributed by atoms with E-state index in [2.05, 4.69) is 12.0 Å². The van der Waals surface area contributed by atoms with Crippen molar-refractivity contribution in [3.8, 4) is 5.75 Å². The van der Waals surface area contributed by atoms with Crippen molar-refractivity contribution in [2.75, 3.05) is 43.2 Å². The van der Waals surface area contributed by atoms with Gasteiger partial charge in [0.05, 0.1) is 18.0 Å². The van der Waals surface area contributed by atoms with Crippen molar-refractivity contribution in [1.82, 2.24) is 10.3 Å². The normalized spacial score (nSPS) is 22.1. The molecule has 7 heteroatoms. The van der Waals surface area contributed by atoms with Gasteiger partial charge < -0.3 is 19.6 Å². The van der Waals surface area contributed by atoms with E-state index >= 15 is 0 Å². The second-order valence-corrected chi connectivity index (χ2v) is 6.95. The summed E-state index contributed by atoms with van der Waals surface area (Å²) in [4.78, 5) is 16.4. The average molecular weight is 356 g/mol. The monoisotopic (exact) mass is 356 g/mol. The van der Waals surface area contributed by atoms with Gasteiger partial charge in [0.1, 0.15) is 11.4 Å². The fraction of sp³-hybridized carbons (Fsp3) is 0.421. The number of nitrogens with zero attached hydrogens (tertiary/aromatic N) is 3. The highest BCUT2D eigenvalue weighted by molar-refractivity contribution is 5.94. The first-order valence-corrected chi connectivity index (χ1v) is 8.93. The molecule has 3 aliphatic rings. The lowest BCUT2D eigenvalue weighted by Gasteiger charge is -2.33. The molecule has 2 fully saturated rings. The van der Waals surface area contributed by atoms with Crippen LogP contribution in [-0.2, 0) is 9.53 Å². The minimum Gasteiger partial charge on any atom is -0.506 e. The van der Waals surface area contributed by atoms with E-state index in [1.165, 1.54) is 0 Å². The Morgan fingerprint density at radius 2 is 2.15 bits per heavy atom. The van der Waals surface area contributed by atoms with E-state index in [1.54, 1.807) is 6.07 Å². The van der Waals surface area contributed by atoms with Gasteiger partial charge in [-0.3, -0.25) is 15.2 Å². The van der Waals surface area contributed by atoms with Crippen LogP contribution in [0, 0.1) is 0 Å². The highest BCUT2D eigenvalue weighted by atomic mass is 16.6. The molecule has 0 aliphatic carbocycles. The summed E-state index contributed by atoms with van der Waals surface area (Å²) in [6, 6.07) is 5.42. The van der Waals surface area contributed by atoms with Crippen LogP contribution < -0.4 is 15.3 Å². The van der Waals surface area contributed by atoms with Crippen LogP contribution in [0.5, 0.6) is 5.75 Å². The largest absolute Gasteiger partial charge is 0.506 e. The second-order valence-electron chi connectivity index (χ2n) is 6.95. The van der Waals surface area contributed by atoms with E-state index in [1.807, 2.05) is 40.1 Å². The minimum atomic E-state index is 0.00630. The van der Waals surface area contributed by atoms with E-state index < -0.39 is 0 Å². The molecule has 1 aromatic carbocycles. The van der Waals surface area contributed by atoms with Crippen molar-refractivity contribution in [3.05, 3.63) is 42.1 Å². The van der Waals surface area contributed by atoms with E-state index in [0.717, 1.165) is 37.2 Å². The Morgan fingerprint density at radius 1 is 1.38 bits per heavy atom. The molecule has 0 bridgehead atoms. The minimum absolute atomic E-state index is 0.00630. The highest BCUT2D eigenvalue weighted by Crippen LogP contribution is 2.34. The number of phenols is 1. The summed E-state index contributed by atoms with van der Waals surface area (Å²) in [5.74, 6) is 0.213. The van der Waals surface area contributed by atoms with Crippen molar-refractivity contribution >= 4 is 17.3 Å². The van der Waals surface area contributed by atoms with E-state index in [0.29, 0.717) is 24.5 Å². The third-order valence-electron chi connectivity index (χ3n) is 5.03. The van der Waals surface area contributed by atoms with Crippen molar-refractivity contribution in [2.45, 2.75) is 19.1 Å². The molecule has 0 spiro atoms. The lowest BCUT2D eigenvalue weighted by atomic mass is 10.1. The van der Waals surface area contributed by atoms with Gasteiger partial charge in [-0.15, -0.1) is 0 Å². The van der Waals surface area contributed by atoms with Crippen LogP contribution in [0.15, 0.2) is 42.1 Å². The third kappa shape index (κ3) is 3.22. The first-order valence-electron chi connectivity index (χ1n) is 8.93. The lowest BCUT2D eigenvalue weighted by Crippen LogP contribution is -2.48. The Balaban J connectivity index is 1.58. The molecule has 1 atom stereocenters. The van der Waals surface area contributed by atoms with Crippen molar-refractivity contribution in [2.24, 2.45) is 0 Å². The summed E-state index contributed by atoms with van der Waals surface area (Å²) < 4.78 is 5.31. The fourth-order valence-electron chi connectivity index (χ4n) is 3.14. The Kier molecular flexibility index (Phi) is 4.24. The predicted octanol–water partition coefficient (Wildman–Crippen LogP) is 1.57. The van der Waals surface area contributed by atoms with Crippen LogP contribution in [0.4, 0.5) is 11.4 Å². The van der Waals surface area contributed by atoms with Gasteiger partial charge in [0.2, 0.25) is 0 Å². The number of hydrogen-bond donors (Lipinski definition) is 2. The van der Waals surface area contributed by atoms with E-state index in [4.69, 9.17) is 4.74 Å². The maximum atomic E-state index is 12.6. The standard InChI is InChI=1S/C19H24N4O3/c1-13-6-9-23(20-15(10-13)19(25)22-7-3-8-22)14-4-5-17(24)16(11-14)21(2)18-12-26-18/h4-5,10-11,18,20,24H,1,3,6-9,12H2,2H3. The molecule has 1 amide bonds. The number of rotatable bonds is 4. The number of hydrogen-bond acceptors (Lipinski definition) is 6. The SMILES string of the molecule is C=C1C=C(C(=O)N2CCC2)NN(c2ccc(O)c(N(C)C3CO3)c2)CC1. The van der Waals surface area contributed by atoms with Crippen LogP contribution in [0.1, 0.15) is 12.8 Å². The Bertz CT molecular complexity index is 768. The highest BCUT2D eigenvalue weighted by Gasteiger charge is 2.30. The zero-order valence-electron chi connectivity index (χ0n) is 14.9. The average Bonchev–Trinajstić information content (AvgIpc) is 3.40. The molecule has 1 aromatic rings. The van der Waals surface area contributed by atoms with E-state index in [9.17, 15) is 9.90 Å². The number of hydrazine groups is 1. The summed E-state index contributed by atoms with van der Waals surface area (Å²) in [5, 5.41) is 12.1. The molecule has 7 nitrogen and oxygen atoms in total. The molecular formula is C19H24N4O3. The molecule has 3 aliphatic heterocycles. The molecule has 1 unspecified atom stereocenters. The fourth-order valence-corrected chi connectivity index (χ4v) is 3.14. The number of ether oxygens (including phenoxy) is 1. The van der Waals surface area contributed by atoms with Gasteiger partial charge in [0.15, 0.2) is 6.23 Å². The first-order chi connectivity index (χ1) is 12.5. The molecule has 4 rings (SSSR count). The number of amides is 1. The van der Waals surface area contributed by atoms with Gasteiger partial charge in [0.25, 0.3) is 5.91 Å². The van der Waals surface area contributed by atoms with Crippen molar-refractivity contribution in [1.29, 1.82) is 0 Å². The zero-order valence-corrected chi connectivity index (χ0v) is 14.9. The molecule has 0 saturated carbocycles. The number of likely N-dealkylation sites (N-methyl/N-ethyl adjacent to an activating group) is 1. The maximum absolute atomic E-state index is 12.6. The number of likely N-dealkylation sites (tertiary alicyclic amines) is 1. The van der Waals surface area contributed by atoms with Crippen molar-refractivity contribution in [3.63, 3.8) is 0 Å². The van der Waals surface area contributed by atoms with Crippen LogP contribution >= 0.6 is 0 Å². The predicted molar refractivity (Wildman–Crippen MR) is 99.8 cm³/mol. The first kappa shape index (κ1) is 16.8. The lowest BCUT2D eigenvalue weighted by molar-refractivity contribution is -0.130. The third-order valence-corrected chi connectivity index (χ3v) is 5.03. The van der Waals surface area contributed by atoms with Gasteiger partial charge in [0, 0.05) is 26.7 Å². The number of carbonyl (C=O) groups is 1. The van der Waals surface area contributed by atoms with E-state index in [-0.39, 0.29) is 17.9 Å². The number of carbonyl (C=O) groups excluding carboxylic acids is 1. The van der Waals surface area contributed by atoms with Gasteiger partial charge in [-0.2, -0.15) is 0 Å². The Morgan fingerprint density at radius 3 is 2.81 bits per heavy atom. The number of phenolic OH excluding ortho intramolecular Hbond substituents is 1. The van der Waals surface area contributed by atoms with Gasteiger partial charge in [-0.1, -0.05) is 12.2 Å². The van der Waals surface area contributed by atoms with Gasteiger partial charge in [-0.25, -0.2) is 0 Å². The Labute approximate surface area is 153 Å². The Hall–Kier alpha value is -2.67. The van der Waals surface area contributed by atoms with Crippen LogP contribution in [0.2, 0.25) is 0 Å². The van der Waals surface area contributed by atoms with Crippen LogP contribution in [-0.4, -0.2) is 55.4 Å². The van der Waals surface area contributed by atoms with Crippen LogP contribution in [0.3, 0.4) is 0 Å². The van der Waals surface area contributed by atoms with Gasteiger partial charge in [-0.05, 0) is 37.1 Å². The number of aromatic hydroxyl groups is 1. The number of benzene rings is 1. The smallest absolute Gasteiger partial charge is 0.271 e. The molecule has 0 radical (unpaired) electrons. The second kappa shape index (κ2) is 6.57. The molecular weight excluding hydrogens is 332 g/mol. The van der Waals surface area contributed by atoms with Crippen LogP contribution in [0.25, 0.3) is 0 Å². The summed E-state index contributed by atoms with van der Waals surface area (Å²) in [6.07, 6.45) is 3.66. The summed E-state index contributed by atoms with van der Waals surface area (Å²) in [7, 11) is 1.90. The number of epoxide rings is 1. The molecule has 0 aromatic heterocycles. The van der Waals surface area contributed by atoms with Crippen molar-refractivity contribution < 1.29 is 14.6 Å². The maximum Gasteiger partial charge on any atom is 0.271 e. The van der Waals surface area contributed by atoms with Gasteiger partial charge >= 0.3 is 0 Å². The summed E-state index contributed by atoms with van der Waals surface area (Å²) in [5.41, 5.74) is 6.30. The number of nitrogens with one attached hydrogen (secondary N) is 1. The number of anilines is 2. The zero-order chi connectivity index (χ0) is 18.3. The summed E-state index contributed by atoms with van der Waals surface area (Å²) >= 11 is 0. The number of allylic oxidation sites excluding steroid dienone is 1. The molecule has 3 heterocycles.